The first-order valence-electron chi connectivity index (χ1n) is 4.27. The number of esters is 1. The highest BCUT2D eigenvalue weighted by molar-refractivity contribution is 5.88. The summed E-state index contributed by atoms with van der Waals surface area (Å²) in [5.41, 5.74) is 4.92. The molecule has 0 amide bonds. The van der Waals surface area contributed by atoms with E-state index in [1.165, 1.54) is 7.11 Å². The molecule has 4 heteroatoms. The first-order chi connectivity index (χ1) is 6.15. The molecule has 1 aliphatic carbocycles. The summed E-state index contributed by atoms with van der Waals surface area (Å²) in [6, 6.07) is 0. The van der Waals surface area contributed by atoms with E-state index in [0.29, 0.717) is 18.4 Å². The van der Waals surface area contributed by atoms with Gasteiger partial charge in [-0.15, -0.1) is 0 Å². The van der Waals surface area contributed by atoms with Crippen LogP contribution in [0.25, 0.3) is 0 Å². The van der Waals surface area contributed by atoms with Crippen molar-refractivity contribution in [2.24, 2.45) is 5.73 Å². The third-order valence-electron chi connectivity index (χ3n) is 2.46. The lowest BCUT2D eigenvalue weighted by atomic mass is 9.79. The monoisotopic (exact) mass is 183 g/mol. The van der Waals surface area contributed by atoms with Gasteiger partial charge in [-0.05, 0) is 19.3 Å². The summed E-state index contributed by atoms with van der Waals surface area (Å²) in [6.45, 7) is 0. The van der Waals surface area contributed by atoms with E-state index in [9.17, 15) is 9.59 Å². The fraction of sp³-hybridized carbons (Fsp3) is 0.667. The summed E-state index contributed by atoms with van der Waals surface area (Å²) in [5, 5.41) is 0. The molecule has 0 heterocycles. The van der Waals surface area contributed by atoms with Gasteiger partial charge in [0.1, 0.15) is 11.5 Å². The molecule has 1 fully saturated rings. The first-order valence-corrected chi connectivity index (χ1v) is 4.27. The molecule has 0 saturated heterocycles. The van der Waals surface area contributed by atoms with Crippen LogP contribution in [0.2, 0.25) is 0 Å². The van der Waals surface area contributed by atoms with Crippen molar-refractivity contribution in [3.8, 4) is 0 Å². The Labute approximate surface area is 76.7 Å². The van der Waals surface area contributed by atoms with Gasteiger partial charge in [-0.3, -0.25) is 0 Å². The molecular weight excluding hydrogens is 170 g/mol. The highest BCUT2D eigenvalue weighted by Crippen LogP contribution is 2.30. The third kappa shape index (κ3) is 1.64. The van der Waals surface area contributed by atoms with Crippen LogP contribution in [0.15, 0.2) is 5.57 Å². The second-order valence-electron chi connectivity index (χ2n) is 3.25. The van der Waals surface area contributed by atoms with E-state index < -0.39 is 11.5 Å². The van der Waals surface area contributed by atoms with E-state index in [4.69, 9.17) is 5.73 Å². The Morgan fingerprint density at radius 1 is 1.62 bits per heavy atom. The lowest BCUT2D eigenvalue weighted by molar-refractivity contribution is -0.146. The van der Waals surface area contributed by atoms with Gasteiger partial charge in [0, 0.05) is 5.57 Å². The topological polar surface area (TPSA) is 69.4 Å². The molecule has 0 radical (unpaired) electrons. The fourth-order valence-corrected chi connectivity index (χ4v) is 1.63. The summed E-state index contributed by atoms with van der Waals surface area (Å²) in [5.74, 6) is 1.21. The maximum Gasteiger partial charge on any atom is 0.330 e. The van der Waals surface area contributed by atoms with Gasteiger partial charge in [0.25, 0.3) is 0 Å². The lowest BCUT2D eigenvalue weighted by Crippen LogP contribution is -2.52. The molecule has 1 aliphatic rings. The molecule has 13 heavy (non-hydrogen) atoms. The van der Waals surface area contributed by atoms with Gasteiger partial charge in [0.2, 0.25) is 0 Å². The number of methoxy groups -OCH3 is 1. The number of hydrogen-bond acceptors (Lipinski definition) is 4. The molecule has 0 bridgehead atoms. The largest absolute Gasteiger partial charge is 0.467 e. The van der Waals surface area contributed by atoms with Crippen LogP contribution in [-0.4, -0.2) is 24.6 Å². The minimum Gasteiger partial charge on any atom is -0.467 e. The number of carbonyl (C=O) groups is 1. The second kappa shape index (κ2) is 3.73. The predicted molar refractivity (Wildman–Crippen MR) is 46.6 cm³/mol. The Morgan fingerprint density at radius 2 is 2.31 bits per heavy atom. The van der Waals surface area contributed by atoms with Crippen molar-refractivity contribution in [1.82, 2.24) is 0 Å². The van der Waals surface area contributed by atoms with Crippen molar-refractivity contribution in [2.45, 2.75) is 31.2 Å². The predicted octanol–water partition coefficient (Wildman–Crippen LogP) is 0.189. The highest BCUT2D eigenvalue weighted by atomic mass is 16.5. The van der Waals surface area contributed by atoms with E-state index >= 15 is 0 Å². The maximum atomic E-state index is 11.3. The molecule has 0 aromatic carbocycles. The van der Waals surface area contributed by atoms with Crippen LogP contribution in [0, 0.1) is 0 Å². The zero-order chi connectivity index (χ0) is 9.90. The van der Waals surface area contributed by atoms with E-state index in [0.717, 1.165) is 12.8 Å². The summed E-state index contributed by atoms with van der Waals surface area (Å²) < 4.78 is 4.56. The van der Waals surface area contributed by atoms with E-state index in [-0.39, 0.29) is 0 Å². The van der Waals surface area contributed by atoms with E-state index in [2.05, 4.69) is 4.74 Å². The number of nitrogens with two attached hydrogens (primary N) is 1. The third-order valence-corrected chi connectivity index (χ3v) is 2.46. The first kappa shape index (κ1) is 9.96. The minimum absolute atomic E-state index is 0.339. The van der Waals surface area contributed by atoms with Crippen molar-refractivity contribution in [3.63, 3.8) is 0 Å². The lowest BCUT2D eigenvalue weighted by Gasteiger charge is -2.30. The summed E-state index contributed by atoms with van der Waals surface area (Å²) >= 11 is 0. The van der Waals surface area contributed by atoms with Crippen LogP contribution < -0.4 is 5.73 Å². The molecule has 1 unspecified atom stereocenters. The zero-order valence-corrected chi connectivity index (χ0v) is 7.63. The van der Waals surface area contributed by atoms with Crippen molar-refractivity contribution in [2.75, 3.05) is 7.11 Å². The van der Waals surface area contributed by atoms with Gasteiger partial charge >= 0.3 is 5.97 Å². The van der Waals surface area contributed by atoms with Gasteiger partial charge in [-0.25, -0.2) is 9.59 Å². The summed E-state index contributed by atoms with van der Waals surface area (Å²) in [7, 11) is 1.27. The van der Waals surface area contributed by atoms with Crippen molar-refractivity contribution in [3.05, 3.63) is 5.57 Å². The van der Waals surface area contributed by atoms with Crippen LogP contribution in [0.4, 0.5) is 0 Å². The molecule has 0 spiro atoms. The molecule has 1 rings (SSSR count). The minimum atomic E-state index is -1.21. The summed E-state index contributed by atoms with van der Waals surface area (Å²) in [4.78, 5) is 21.9. The number of hydrogen-bond donors (Lipinski definition) is 1. The second-order valence-corrected chi connectivity index (χ2v) is 3.25. The van der Waals surface area contributed by atoms with Gasteiger partial charge < -0.3 is 10.5 Å². The smallest absolute Gasteiger partial charge is 0.330 e. The normalized spacial score (nSPS) is 28.0. The van der Waals surface area contributed by atoms with E-state index in [1.807, 2.05) is 0 Å². The average molecular weight is 183 g/mol. The van der Waals surface area contributed by atoms with Gasteiger partial charge in [0.15, 0.2) is 0 Å². The number of rotatable bonds is 1. The van der Waals surface area contributed by atoms with E-state index in [1.54, 1.807) is 5.94 Å². The molecule has 1 atom stereocenters. The molecule has 1 saturated carbocycles. The standard InChI is InChI=1S/C9H13NO3/c1-13-8(12)9(10)5-3-2-4-7(9)6-11/h2-5,10H2,1H3. The van der Waals surface area contributed by atoms with Crippen molar-refractivity contribution < 1.29 is 14.3 Å². The molecule has 0 aromatic rings. The van der Waals surface area contributed by atoms with Crippen LogP contribution in [-0.2, 0) is 14.3 Å². The van der Waals surface area contributed by atoms with Gasteiger partial charge in [0.05, 0.1) is 7.11 Å². The van der Waals surface area contributed by atoms with Crippen LogP contribution >= 0.6 is 0 Å². The van der Waals surface area contributed by atoms with Gasteiger partial charge in [-0.1, -0.05) is 6.42 Å². The quantitative estimate of drug-likeness (QED) is 0.465. The average Bonchev–Trinajstić information content (AvgIpc) is 2.17. The molecule has 72 valence electrons. The molecule has 0 aromatic heterocycles. The van der Waals surface area contributed by atoms with Crippen LogP contribution in [0.3, 0.4) is 0 Å². The Balaban J connectivity index is 2.96. The van der Waals surface area contributed by atoms with Crippen molar-refractivity contribution in [1.29, 1.82) is 0 Å². The highest BCUT2D eigenvalue weighted by Gasteiger charge is 2.41. The molecule has 2 N–H and O–H groups in total. The van der Waals surface area contributed by atoms with Crippen LogP contribution in [0.5, 0.6) is 0 Å². The molecule has 4 nitrogen and oxygen atoms in total. The maximum absolute atomic E-state index is 11.3. The Morgan fingerprint density at radius 3 is 2.85 bits per heavy atom. The van der Waals surface area contributed by atoms with Crippen LogP contribution in [0.1, 0.15) is 25.7 Å². The molecular formula is C9H13NO3. The van der Waals surface area contributed by atoms with Gasteiger partial charge in [-0.2, -0.15) is 0 Å². The fourth-order valence-electron chi connectivity index (χ4n) is 1.63. The zero-order valence-electron chi connectivity index (χ0n) is 7.63. The van der Waals surface area contributed by atoms with Crippen molar-refractivity contribution >= 4 is 11.9 Å². The number of ether oxygens (including phenoxy) is 1. The number of carbonyl (C=O) groups excluding carboxylic acids is 2. The molecule has 0 aliphatic heterocycles. The summed E-state index contributed by atoms with van der Waals surface area (Å²) in [6.07, 6.45) is 2.76. The SMILES string of the molecule is COC(=O)C1(N)CCCCC1=C=O. The Kier molecular flexibility index (Phi) is 2.86. The Bertz CT molecular complexity index is 268. The Hall–Kier alpha value is -1.12.